The van der Waals surface area contributed by atoms with Crippen molar-refractivity contribution in [1.82, 2.24) is 4.90 Å². The van der Waals surface area contributed by atoms with Crippen LogP contribution in [0.5, 0.6) is 11.5 Å². The van der Waals surface area contributed by atoms with Gasteiger partial charge in [0.1, 0.15) is 11.5 Å². The van der Waals surface area contributed by atoms with Gasteiger partial charge in [-0.3, -0.25) is 4.79 Å². The second-order valence-electron chi connectivity index (χ2n) is 5.20. The fourth-order valence-corrected chi connectivity index (χ4v) is 2.19. The number of rotatable bonds is 2. The first-order valence-electron chi connectivity index (χ1n) is 6.22. The maximum absolute atomic E-state index is 12.6. The Morgan fingerprint density at radius 1 is 1.47 bits per heavy atom. The molecule has 0 aliphatic carbocycles. The first-order valence-corrected chi connectivity index (χ1v) is 6.22. The largest absolute Gasteiger partial charge is 0.507 e. The number of phenols is 1. The smallest absolute Gasteiger partial charge is 0.258 e. The van der Waals surface area contributed by atoms with E-state index in [-0.39, 0.29) is 22.8 Å². The number of amides is 1. The Bertz CT molecular complexity index is 484. The van der Waals surface area contributed by atoms with E-state index in [1.54, 1.807) is 17.0 Å². The first-order chi connectivity index (χ1) is 8.95. The molecule has 0 unspecified atom stereocenters. The van der Waals surface area contributed by atoms with Crippen LogP contribution >= 0.6 is 0 Å². The molecule has 1 aliphatic rings. The van der Waals surface area contributed by atoms with E-state index in [1.807, 2.05) is 13.8 Å². The zero-order valence-electron chi connectivity index (χ0n) is 11.5. The Kier molecular flexibility index (Phi) is 3.66. The van der Waals surface area contributed by atoms with Crippen LogP contribution in [0.4, 0.5) is 0 Å². The lowest BCUT2D eigenvalue weighted by Gasteiger charge is -2.42. The average molecular weight is 265 g/mol. The molecule has 5 nitrogen and oxygen atoms in total. The van der Waals surface area contributed by atoms with E-state index in [9.17, 15) is 9.90 Å². The van der Waals surface area contributed by atoms with Crippen LogP contribution < -0.4 is 4.74 Å². The number of methoxy groups -OCH3 is 1. The zero-order chi connectivity index (χ0) is 14.0. The van der Waals surface area contributed by atoms with Crippen LogP contribution in [-0.2, 0) is 4.74 Å². The maximum Gasteiger partial charge on any atom is 0.258 e. The predicted octanol–water partition coefficient (Wildman–Crippen LogP) is 1.65. The minimum atomic E-state index is -0.384. The van der Waals surface area contributed by atoms with Crippen molar-refractivity contribution < 1.29 is 19.4 Å². The summed E-state index contributed by atoms with van der Waals surface area (Å²) >= 11 is 0. The van der Waals surface area contributed by atoms with Crippen LogP contribution in [0.3, 0.4) is 0 Å². The molecular weight excluding hydrogens is 246 g/mol. The summed E-state index contributed by atoms with van der Waals surface area (Å²) in [6, 6.07) is 4.65. The highest BCUT2D eigenvalue weighted by atomic mass is 16.5. The lowest BCUT2D eigenvalue weighted by atomic mass is 10.0. The molecule has 0 radical (unpaired) electrons. The third-order valence-corrected chi connectivity index (χ3v) is 3.32. The van der Waals surface area contributed by atoms with Crippen LogP contribution in [0, 0.1) is 0 Å². The molecule has 0 saturated carbocycles. The van der Waals surface area contributed by atoms with Gasteiger partial charge >= 0.3 is 0 Å². The van der Waals surface area contributed by atoms with Crippen molar-refractivity contribution in [2.24, 2.45) is 0 Å². The molecule has 0 bridgehead atoms. The summed E-state index contributed by atoms with van der Waals surface area (Å²) in [7, 11) is 1.53. The van der Waals surface area contributed by atoms with Gasteiger partial charge in [0.15, 0.2) is 0 Å². The molecule has 1 heterocycles. The second-order valence-corrected chi connectivity index (χ2v) is 5.20. The summed E-state index contributed by atoms with van der Waals surface area (Å²) in [5.74, 6) is 0.310. The van der Waals surface area contributed by atoms with Gasteiger partial charge in [0, 0.05) is 6.54 Å². The molecule has 1 N–H and O–H groups in total. The third kappa shape index (κ3) is 2.66. The monoisotopic (exact) mass is 265 g/mol. The van der Waals surface area contributed by atoms with Crippen molar-refractivity contribution in [3.05, 3.63) is 23.8 Å². The number of benzene rings is 1. The van der Waals surface area contributed by atoms with E-state index < -0.39 is 0 Å². The molecule has 104 valence electrons. The summed E-state index contributed by atoms with van der Waals surface area (Å²) < 4.78 is 10.5. The van der Waals surface area contributed by atoms with Crippen molar-refractivity contribution in [3.63, 3.8) is 0 Å². The average Bonchev–Trinajstić information content (AvgIpc) is 2.38. The number of morpholine rings is 1. The van der Waals surface area contributed by atoms with Gasteiger partial charge in [-0.25, -0.2) is 0 Å². The number of aromatic hydroxyl groups is 1. The van der Waals surface area contributed by atoms with E-state index in [4.69, 9.17) is 9.47 Å². The topological polar surface area (TPSA) is 59.0 Å². The van der Waals surface area contributed by atoms with Crippen LogP contribution in [0.2, 0.25) is 0 Å². The van der Waals surface area contributed by atoms with Gasteiger partial charge in [0.2, 0.25) is 0 Å². The highest BCUT2D eigenvalue weighted by Crippen LogP contribution is 2.28. The van der Waals surface area contributed by atoms with Gasteiger partial charge in [0.05, 0.1) is 31.4 Å². The van der Waals surface area contributed by atoms with Crippen molar-refractivity contribution >= 4 is 5.91 Å². The number of hydrogen-bond acceptors (Lipinski definition) is 4. The normalized spacial score (nSPS) is 18.2. The zero-order valence-corrected chi connectivity index (χ0v) is 11.5. The third-order valence-electron chi connectivity index (χ3n) is 3.32. The second kappa shape index (κ2) is 5.09. The fourth-order valence-electron chi connectivity index (χ4n) is 2.19. The molecule has 1 saturated heterocycles. The number of carbonyl (C=O) groups excluding carboxylic acids is 1. The Morgan fingerprint density at radius 2 is 2.21 bits per heavy atom. The first kappa shape index (κ1) is 13.7. The highest BCUT2D eigenvalue weighted by Gasteiger charge is 2.35. The van der Waals surface area contributed by atoms with Gasteiger partial charge in [0.25, 0.3) is 5.91 Å². The Labute approximate surface area is 112 Å². The molecule has 0 spiro atoms. The van der Waals surface area contributed by atoms with Crippen LogP contribution in [0.25, 0.3) is 0 Å². The van der Waals surface area contributed by atoms with Gasteiger partial charge < -0.3 is 19.5 Å². The maximum atomic E-state index is 12.6. The number of ether oxygens (including phenoxy) is 2. The molecule has 0 atom stereocenters. The van der Waals surface area contributed by atoms with Crippen LogP contribution in [0.15, 0.2) is 18.2 Å². The quantitative estimate of drug-likeness (QED) is 0.883. The minimum Gasteiger partial charge on any atom is -0.507 e. The highest BCUT2D eigenvalue weighted by molar-refractivity contribution is 5.97. The molecule has 19 heavy (non-hydrogen) atoms. The lowest BCUT2D eigenvalue weighted by Crippen LogP contribution is -2.55. The Morgan fingerprint density at radius 3 is 2.84 bits per heavy atom. The standard InChI is InChI=1S/C14H19NO4/c1-14(2)9-19-7-6-15(14)13(17)11-8-10(18-3)4-5-12(11)16/h4-5,8,16H,6-7,9H2,1-3H3. The Hall–Kier alpha value is -1.75. The Balaban J connectivity index is 2.33. The van der Waals surface area contributed by atoms with E-state index in [0.29, 0.717) is 25.5 Å². The van der Waals surface area contributed by atoms with Gasteiger partial charge in [-0.05, 0) is 32.0 Å². The van der Waals surface area contributed by atoms with E-state index in [0.717, 1.165) is 0 Å². The summed E-state index contributed by atoms with van der Waals surface area (Å²) in [6.07, 6.45) is 0. The molecule has 5 heteroatoms. The van der Waals surface area contributed by atoms with Crippen LogP contribution in [0.1, 0.15) is 24.2 Å². The summed E-state index contributed by atoms with van der Waals surface area (Å²) in [5, 5.41) is 9.87. The summed E-state index contributed by atoms with van der Waals surface area (Å²) in [6.45, 7) is 5.41. The predicted molar refractivity (Wildman–Crippen MR) is 70.6 cm³/mol. The SMILES string of the molecule is COc1ccc(O)c(C(=O)N2CCOCC2(C)C)c1. The number of nitrogens with zero attached hydrogens (tertiary/aromatic N) is 1. The molecule has 1 aliphatic heterocycles. The van der Waals surface area contributed by atoms with E-state index in [1.165, 1.54) is 13.2 Å². The van der Waals surface area contributed by atoms with Crippen molar-refractivity contribution in [1.29, 1.82) is 0 Å². The number of hydrogen-bond donors (Lipinski definition) is 1. The number of carbonyl (C=O) groups is 1. The molecular formula is C14H19NO4. The minimum absolute atomic E-state index is 0.0342. The lowest BCUT2D eigenvalue weighted by molar-refractivity contribution is -0.0371. The summed E-state index contributed by atoms with van der Waals surface area (Å²) in [4.78, 5) is 14.3. The van der Waals surface area contributed by atoms with Gasteiger partial charge in [-0.15, -0.1) is 0 Å². The van der Waals surface area contributed by atoms with Gasteiger partial charge in [-0.1, -0.05) is 0 Å². The van der Waals surface area contributed by atoms with Crippen molar-refractivity contribution in [3.8, 4) is 11.5 Å². The molecule has 1 aromatic rings. The molecule has 1 aromatic carbocycles. The molecule has 1 fully saturated rings. The fraction of sp³-hybridized carbons (Fsp3) is 0.500. The van der Waals surface area contributed by atoms with E-state index >= 15 is 0 Å². The molecule has 0 aromatic heterocycles. The van der Waals surface area contributed by atoms with E-state index in [2.05, 4.69) is 0 Å². The molecule has 1 amide bonds. The van der Waals surface area contributed by atoms with Crippen molar-refractivity contribution in [2.75, 3.05) is 26.9 Å². The molecule has 2 rings (SSSR count). The van der Waals surface area contributed by atoms with Crippen molar-refractivity contribution in [2.45, 2.75) is 19.4 Å². The van der Waals surface area contributed by atoms with Gasteiger partial charge in [-0.2, -0.15) is 0 Å². The van der Waals surface area contributed by atoms with Crippen LogP contribution in [-0.4, -0.2) is 48.3 Å². The summed E-state index contributed by atoms with van der Waals surface area (Å²) in [5.41, 5.74) is -0.125. The number of phenolic OH excluding ortho intramolecular Hbond substituents is 1.